The van der Waals surface area contributed by atoms with Gasteiger partial charge in [0.05, 0.1) is 0 Å². The van der Waals surface area contributed by atoms with Gasteiger partial charge in [0.2, 0.25) is 0 Å². The molecule has 95 valence electrons. The zero-order chi connectivity index (χ0) is 11.9. The third kappa shape index (κ3) is 13.7. The van der Waals surface area contributed by atoms with E-state index < -0.39 is 0 Å². The van der Waals surface area contributed by atoms with Crippen molar-refractivity contribution in [3.05, 3.63) is 19.1 Å². The summed E-state index contributed by atoms with van der Waals surface area (Å²) < 4.78 is 0. The van der Waals surface area contributed by atoms with Crippen LogP contribution in [0.25, 0.3) is 0 Å². The topological polar surface area (TPSA) is 0 Å². The summed E-state index contributed by atoms with van der Waals surface area (Å²) in [5.41, 5.74) is 0. The standard InChI is InChI=1S/C16H31/c1-3-5-7-9-11-13-15-16-14-12-10-8-6-4-2/h15-16H,1,3-14H2,2H3. The third-order valence-corrected chi connectivity index (χ3v) is 3.01. The maximum atomic E-state index is 3.86. The average molecular weight is 223 g/mol. The summed E-state index contributed by atoms with van der Waals surface area (Å²) in [6, 6.07) is 0. The molecule has 0 fully saturated rings. The highest BCUT2D eigenvalue weighted by atomic mass is 13.9. The molecule has 0 saturated heterocycles. The van der Waals surface area contributed by atoms with Gasteiger partial charge >= 0.3 is 0 Å². The Morgan fingerprint density at radius 2 is 1.19 bits per heavy atom. The Hall–Kier alpha value is -0.260. The summed E-state index contributed by atoms with van der Waals surface area (Å²) in [6.45, 7) is 6.13. The van der Waals surface area contributed by atoms with Gasteiger partial charge in [-0.1, -0.05) is 77.4 Å². The Bertz CT molecular complexity index is 119. The van der Waals surface area contributed by atoms with E-state index in [9.17, 15) is 0 Å². The molecule has 0 N–H and O–H groups in total. The molecule has 0 aliphatic carbocycles. The van der Waals surface area contributed by atoms with Crippen molar-refractivity contribution in [3.63, 3.8) is 0 Å². The van der Waals surface area contributed by atoms with Crippen molar-refractivity contribution in [3.8, 4) is 0 Å². The Morgan fingerprint density at radius 1 is 0.688 bits per heavy atom. The van der Waals surface area contributed by atoms with Gasteiger partial charge in [-0.05, 0) is 25.7 Å². The molecule has 0 aliphatic rings. The molecule has 0 unspecified atom stereocenters. The van der Waals surface area contributed by atoms with Gasteiger partial charge in [0.1, 0.15) is 0 Å². The minimum Gasteiger partial charge on any atom is -0.0885 e. The summed E-state index contributed by atoms with van der Waals surface area (Å²) in [5, 5.41) is 0. The van der Waals surface area contributed by atoms with E-state index in [1.807, 2.05) is 0 Å². The molecule has 0 aromatic carbocycles. The second-order valence-electron chi connectivity index (χ2n) is 4.73. The molecule has 0 aromatic heterocycles. The first-order valence-corrected chi connectivity index (χ1v) is 7.36. The van der Waals surface area contributed by atoms with Gasteiger partial charge in [-0.3, -0.25) is 0 Å². The van der Waals surface area contributed by atoms with Gasteiger partial charge in [0, 0.05) is 0 Å². The van der Waals surface area contributed by atoms with Gasteiger partial charge in [-0.25, -0.2) is 0 Å². The van der Waals surface area contributed by atoms with Crippen LogP contribution in [0.1, 0.15) is 84.0 Å². The highest BCUT2D eigenvalue weighted by Crippen LogP contribution is 2.07. The Morgan fingerprint density at radius 3 is 1.69 bits per heavy atom. The molecule has 0 saturated carbocycles. The lowest BCUT2D eigenvalue weighted by molar-refractivity contribution is 0.634. The van der Waals surface area contributed by atoms with Crippen LogP contribution in [-0.4, -0.2) is 0 Å². The molecule has 0 spiro atoms. The van der Waals surface area contributed by atoms with Crippen LogP contribution in [0.2, 0.25) is 0 Å². The van der Waals surface area contributed by atoms with Crippen molar-refractivity contribution >= 4 is 0 Å². The van der Waals surface area contributed by atoms with Crippen LogP contribution < -0.4 is 0 Å². The number of rotatable bonds is 12. The molecule has 0 heteroatoms. The van der Waals surface area contributed by atoms with Crippen LogP contribution in [0, 0.1) is 6.92 Å². The second kappa shape index (κ2) is 14.7. The van der Waals surface area contributed by atoms with E-state index in [1.165, 1.54) is 70.6 Å². The van der Waals surface area contributed by atoms with Gasteiger partial charge in [0.25, 0.3) is 0 Å². The number of hydrogen-bond acceptors (Lipinski definition) is 0. The minimum absolute atomic E-state index is 1.10. The Labute approximate surface area is 104 Å². The van der Waals surface area contributed by atoms with E-state index in [-0.39, 0.29) is 0 Å². The second-order valence-corrected chi connectivity index (χ2v) is 4.73. The number of allylic oxidation sites excluding steroid dienone is 2. The summed E-state index contributed by atoms with van der Waals surface area (Å²) in [6.07, 6.45) is 20.9. The fraction of sp³-hybridized carbons (Fsp3) is 0.812. The van der Waals surface area contributed by atoms with Crippen molar-refractivity contribution in [1.82, 2.24) is 0 Å². The Kier molecular flexibility index (Phi) is 14.5. The first-order chi connectivity index (χ1) is 7.91. The SMILES string of the molecule is [CH2]CCCCCCC=CCCCCCCC. The van der Waals surface area contributed by atoms with Crippen LogP contribution in [0.4, 0.5) is 0 Å². The van der Waals surface area contributed by atoms with Crippen LogP contribution in [0.5, 0.6) is 0 Å². The summed E-state index contributed by atoms with van der Waals surface area (Å²) in [5.74, 6) is 0. The summed E-state index contributed by atoms with van der Waals surface area (Å²) in [7, 11) is 0. The van der Waals surface area contributed by atoms with Crippen LogP contribution in [0.3, 0.4) is 0 Å². The van der Waals surface area contributed by atoms with E-state index in [0.29, 0.717) is 0 Å². The highest BCUT2D eigenvalue weighted by molar-refractivity contribution is 4.81. The van der Waals surface area contributed by atoms with Crippen molar-refractivity contribution < 1.29 is 0 Å². The maximum absolute atomic E-state index is 3.86. The van der Waals surface area contributed by atoms with Crippen LogP contribution in [0.15, 0.2) is 12.2 Å². The van der Waals surface area contributed by atoms with Gasteiger partial charge in [-0.15, -0.1) is 0 Å². The zero-order valence-electron chi connectivity index (χ0n) is 11.3. The largest absolute Gasteiger partial charge is 0.0885 e. The maximum Gasteiger partial charge on any atom is -0.0351 e. The predicted molar refractivity (Wildman–Crippen MR) is 75.6 cm³/mol. The lowest BCUT2D eigenvalue weighted by atomic mass is 10.1. The lowest BCUT2D eigenvalue weighted by Gasteiger charge is -1.97. The number of unbranched alkanes of at least 4 members (excludes halogenated alkanes) is 10. The number of hydrogen-bond donors (Lipinski definition) is 0. The molecule has 0 amide bonds. The average Bonchev–Trinajstić information content (AvgIpc) is 2.31. The molecule has 16 heavy (non-hydrogen) atoms. The Balaban J connectivity index is 2.98. The van der Waals surface area contributed by atoms with Gasteiger partial charge in [-0.2, -0.15) is 0 Å². The molecular weight excluding hydrogens is 192 g/mol. The first-order valence-electron chi connectivity index (χ1n) is 7.36. The van der Waals surface area contributed by atoms with Crippen molar-refractivity contribution in [2.75, 3.05) is 0 Å². The monoisotopic (exact) mass is 223 g/mol. The van der Waals surface area contributed by atoms with Crippen LogP contribution >= 0.6 is 0 Å². The lowest BCUT2D eigenvalue weighted by Crippen LogP contribution is -1.77. The zero-order valence-corrected chi connectivity index (χ0v) is 11.3. The van der Waals surface area contributed by atoms with Crippen LogP contribution in [-0.2, 0) is 0 Å². The van der Waals surface area contributed by atoms with E-state index >= 15 is 0 Å². The molecule has 0 rings (SSSR count). The molecule has 0 atom stereocenters. The smallest absolute Gasteiger partial charge is 0.0351 e. The summed E-state index contributed by atoms with van der Waals surface area (Å²) in [4.78, 5) is 0. The van der Waals surface area contributed by atoms with Crippen molar-refractivity contribution in [2.45, 2.75) is 84.0 Å². The molecule has 1 radical (unpaired) electrons. The quantitative estimate of drug-likeness (QED) is 0.278. The van der Waals surface area contributed by atoms with E-state index in [0.717, 1.165) is 6.42 Å². The van der Waals surface area contributed by atoms with Crippen molar-refractivity contribution in [1.29, 1.82) is 0 Å². The predicted octanol–water partition coefficient (Wildman–Crippen LogP) is 6.08. The van der Waals surface area contributed by atoms with Gasteiger partial charge < -0.3 is 0 Å². The highest BCUT2D eigenvalue weighted by Gasteiger charge is 1.88. The van der Waals surface area contributed by atoms with E-state index in [4.69, 9.17) is 0 Å². The molecule has 0 aromatic rings. The molecule has 0 nitrogen and oxygen atoms in total. The van der Waals surface area contributed by atoms with Gasteiger partial charge in [0.15, 0.2) is 0 Å². The van der Waals surface area contributed by atoms with E-state index in [2.05, 4.69) is 26.0 Å². The summed E-state index contributed by atoms with van der Waals surface area (Å²) >= 11 is 0. The third-order valence-electron chi connectivity index (χ3n) is 3.01. The fourth-order valence-electron chi connectivity index (χ4n) is 1.89. The van der Waals surface area contributed by atoms with Crippen molar-refractivity contribution in [2.24, 2.45) is 0 Å². The molecule has 0 aliphatic heterocycles. The first kappa shape index (κ1) is 15.7. The molecular formula is C16H31. The normalized spacial score (nSPS) is 11.4. The molecule has 0 bridgehead atoms. The van der Waals surface area contributed by atoms with E-state index in [1.54, 1.807) is 0 Å². The minimum atomic E-state index is 1.10. The fourth-order valence-corrected chi connectivity index (χ4v) is 1.89. The molecule has 0 heterocycles.